The van der Waals surface area contributed by atoms with Crippen LogP contribution in [-0.4, -0.2) is 11.9 Å². The average molecular weight is 127 g/mol. The van der Waals surface area contributed by atoms with Gasteiger partial charge in [-0.15, -0.1) is 0 Å². The Kier molecular flexibility index (Phi) is 1.74. The van der Waals surface area contributed by atoms with Crippen LogP contribution < -0.4 is 5.32 Å². The van der Waals surface area contributed by atoms with Crippen molar-refractivity contribution in [2.24, 2.45) is 5.92 Å². The molecule has 0 aromatic heterocycles. The zero-order valence-corrected chi connectivity index (χ0v) is 5.98. The lowest BCUT2D eigenvalue weighted by molar-refractivity contribution is -0.111. The van der Waals surface area contributed by atoms with E-state index in [9.17, 15) is 4.79 Å². The average Bonchev–Trinajstić information content (AvgIpc) is 2.47. The van der Waals surface area contributed by atoms with Crippen molar-refractivity contribution in [2.45, 2.75) is 32.7 Å². The minimum absolute atomic E-state index is 0.199. The van der Waals surface area contributed by atoms with Gasteiger partial charge in [-0.25, -0.2) is 0 Å². The molecule has 1 N–H and O–H groups in total. The van der Waals surface area contributed by atoms with Gasteiger partial charge < -0.3 is 5.32 Å². The van der Waals surface area contributed by atoms with Gasteiger partial charge in [0.25, 0.3) is 0 Å². The normalized spacial score (nSPS) is 27.3. The summed E-state index contributed by atoms with van der Waals surface area (Å²) in [5.74, 6) is 0.776. The number of carbonyl (C=O) groups excluding carboxylic acids is 1. The molecule has 2 heteroatoms. The summed E-state index contributed by atoms with van der Waals surface area (Å²) < 4.78 is 0. The van der Waals surface area contributed by atoms with Crippen molar-refractivity contribution in [1.29, 1.82) is 0 Å². The molecule has 0 radical (unpaired) electrons. The van der Waals surface area contributed by atoms with E-state index in [2.05, 4.69) is 19.2 Å². The number of hydrogen-bond donors (Lipinski definition) is 1. The molecule has 1 saturated heterocycles. The van der Waals surface area contributed by atoms with Crippen LogP contribution in [0.2, 0.25) is 0 Å². The molecule has 2 atom stereocenters. The van der Waals surface area contributed by atoms with Gasteiger partial charge in [0.1, 0.15) is 6.04 Å². The lowest BCUT2D eigenvalue weighted by Gasteiger charge is -2.02. The van der Waals surface area contributed by atoms with Gasteiger partial charge in [0.15, 0.2) is 0 Å². The molecule has 0 spiro atoms. The van der Waals surface area contributed by atoms with Crippen LogP contribution in [0.3, 0.4) is 0 Å². The minimum Gasteiger partial charge on any atom is -0.342 e. The summed E-state index contributed by atoms with van der Waals surface area (Å²) >= 11 is 0. The molecule has 0 bridgehead atoms. The summed E-state index contributed by atoms with van der Waals surface area (Å²) in [6, 6.07) is 0.199. The van der Waals surface area contributed by atoms with E-state index < -0.39 is 0 Å². The number of amides is 1. The molecule has 0 aromatic rings. The van der Waals surface area contributed by atoms with E-state index >= 15 is 0 Å². The fourth-order valence-electron chi connectivity index (χ4n) is 1.13. The molecule has 0 aliphatic carbocycles. The molecule has 2 nitrogen and oxygen atoms in total. The summed E-state index contributed by atoms with van der Waals surface area (Å²) in [5.41, 5.74) is 0. The molecule has 2 unspecified atom stereocenters. The Morgan fingerprint density at radius 3 is 2.67 bits per heavy atom. The third kappa shape index (κ3) is 1.44. The van der Waals surface area contributed by atoms with Crippen LogP contribution in [0.25, 0.3) is 0 Å². The van der Waals surface area contributed by atoms with Crippen molar-refractivity contribution in [3.63, 3.8) is 0 Å². The van der Waals surface area contributed by atoms with Crippen LogP contribution in [-0.2, 0) is 4.79 Å². The van der Waals surface area contributed by atoms with Crippen LogP contribution >= 0.6 is 0 Å². The predicted molar refractivity (Wildman–Crippen MR) is 36.0 cm³/mol. The van der Waals surface area contributed by atoms with Crippen LogP contribution in [0.4, 0.5) is 0 Å². The molecule has 1 rings (SSSR count). The van der Waals surface area contributed by atoms with Crippen molar-refractivity contribution < 1.29 is 4.79 Å². The Hall–Kier alpha value is -0.530. The van der Waals surface area contributed by atoms with Gasteiger partial charge in [-0.05, 0) is 12.3 Å². The van der Waals surface area contributed by atoms with Gasteiger partial charge in [-0.2, -0.15) is 0 Å². The molecule has 1 amide bonds. The molecule has 1 heterocycles. The van der Waals surface area contributed by atoms with E-state index in [-0.39, 0.29) is 11.9 Å². The molecule has 0 aromatic carbocycles. The van der Waals surface area contributed by atoms with Crippen LogP contribution in [0.15, 0.2) is 0 Å². The summed E-state index contributed by atoms with van der Waals surface area (Å²) in [6.07, 6.45) is 2.33. The van der Waals surface area contributed by atoms with E-state index in [1.807, 2.05) is 0 Å². The maximum Gasteiger partial charge on any atom is 0.243 e. The highest BCUT2D eigenvalue weighted by Gasteiger charge is 2.37. The third-order valence-electron chi connectivity index (χ3n) is 1.81. The Morgan fingerprint density at radius 2 is 2.33 bits per heavy atom. The molecule has 9 heavy (non-hydrogen) atoms. The van der Waals surface area contributed by atoms with Crippen LogP contribution in [0.1, 0.15) is 26.7 Å². The van der Waals surface area contributed by atoms with Gasteiger partial charge in [-0.3, -0.25) is 4.79 Å². The maximum atomic E-state index is 10.5. The van der Waals surface area contributed by atoms with E-state index in [1.54, 1.807) is 0 Å². The summed E-state index contributed by atoms with van der Waals surface area (Å²) in [6.45, 7) is 4.26. The SMILES string of the molecule is CCCC(C)C1NC1=O. The number of rotatable bonds is 3. The first-order chi connectivity index (χ1) is 4.25. The first-order valence-electron chi connectivity index (χ1n) is 3.56. The monoisotopic (exact) mass is 127 g/mol. The molecule has 1 aliphatic rings. The lowest BCUT2D eigenvalue weighted by atomic mass is 10.0. The second kappa shape index (κ2) is 2.38. The lowest BCUT2D eigenvalue weighted by Crippen LogP contribution is -2.05. The van der Waals surface area contributed by atoms with E-state index in [4.69, 9.17) is 0 Å². The van der Waals surface area contributed by atoms with Gasteiger partial charge in [0, 0.05) is 0 Å². The number of carbonyl (C=O) groups is 1. The molecular formula is C7H13NO. The fourth-order valence-corrected chi connectivity index (χ4v) is 1.13. The van der Waals surface area contributed by atoms with Gasteiger partial charge in [-0.1, -0.05) is 20.3 Å². The van der Waals surface area contributed by atoms with Crippen molar-refractivity contribution in [3.8, 4) is 0 Å². The smallest absolute Gasteiger partial charge is 0.243 e. The topological polar surface area (TPSA) is 39.0 Å². The predicted octanol–water partition coefficient (Wildman–Crippen LogP) is 0.921. The summed E-state index contributed by atoms with van der Waals surface area (Å²) in [5, 5.41) is 2.78. The summed E-state index contributed by atoms with van der Waals surface area (Å²) in [7, 11) is 0. The van der Waals surface area contributed by atoms with Gasteiger partial charge >= 0.3 is 0 Å². The van der Waals surface area contributed by atoms with E-state index in [1.165, 1.54) is 6.42 Å². The number of nitrogens with one attached hydrogen (secondary N) is 1. The Balaban J connectivity index is 2.19. The highest BCUT2D eigenvalue weighted by molar-refractivity contribution is 5.96. The Bertz CT molecular complexity index is 122. The first kappa shape index (κ1) is 6.59. The van der Waals surface area contributed by atoms with Crippen molar-refractivity contribution in [1.82, 2.24) is 5.32 Å². The fraction of sp³-hybridized carbons (Fsp3) is 0.857. The standard InChI is InChI=1S/C7H13NO/c1-3-4-5(2)6-7(9)8-6/h5-6H,3-4H2,1-2H3,(H,8,9). The van der Waals surface area contributed by atoms with Crippen molar-refractivity contribution in [3.05, 3.63) is 0 Å². The zero-order chi connectivity index (χ0) is 6.85. The van der Waals surface area contributed by atoms with Crippen LogP contribution in [0, 0.1) is 5.92 Å². The minimum atomic E-state index is 0.199. The Labute approximate surface area is 55.6 Å². The van der Waals surface area contributed by atoms with Crippen molar-refractivity contribution >= 4 is 5.91 Å². The molecule has 0 saturated carbocycles. The first-order valence-corrected chi connectivity index (χ1v) is 3.56. The summed E-state index contributed by atoms with van der Waals surface area (Å²) in [4.78, 5) is 10.5. The highest BCUT2D eigenvalue weighted by atomic mass is 16.2. The molecule has 52 valence electrons. The molecule has 1 aliphatic heterocycles. The van der Waals surface area contributed by atoms with E-state index in [0.717, 1.165) is 6.42 Å². The highest BCUT2D eigenvalue weighted by Crippen LogP contribution is 2.17. The van der Waals surface area contributed by atoms with Crippen LogP contribution in [0.5, 0.6) is 0 Å². The quantitative estimate of drug-likeness (QED) is 0.562. The number of hydrogen-bond acceptors (Lipinski definition) is 1. The van der Waals surface area contributed by atoms with Gasteiger partial charge in [0.05, 0.1) is 0 Å². The zero-order valence-electron chi connectivity index (χ0n) is 5.98. The maximum absolute atomic E-state index is 10.5. The second-order valence-corrected chi connectivity index (χ2v) is 2.75. The van der Waals surface area contributed by atoms with Gasteiger partial charge in [0.2, 0.25) is 5.91 Å². The third-order valence-corrected chi connectivity index (χ3v) is 1.81. The molecular weight excluding hydrogens is 114 g/mol. The molecule has 1 fully saturated rings. The second-order valence-electron chi connectivity index (χ2n) is 2.75. The van der Waals surface area contributed by atoms with Crippen molar-refractivity contribution in [2.75, 3.05) is 0 Å². The Morgan fingerprint density at radius 1 is 1.78 bits per heavy atom. The largest absolute Gasteiger partial charge is 0.342 e. The van der Waals surface area contributed by atoms with E-state index in [0.29, 0.717) is 5.92 Å².